The Kier molecular flexibility index (Phi) is 6.70. The maximum Gasteiger partial charge on any atom is 0.316 e. The molecule has 0 saturated carbocycles. The number of ether oxygens (including phenoxy) is 1. The molecule has 0 spiro atoms. The van der Waals surface area contributed by atoms with Gasteiger partial charge in [0.1, 0.15) is 12.7 Å². The van der Waals surface area contributed by atoms with Gasteiger partial charge < -0.3 is 9.84 Å². The number of rotatable bonds is 9. The molecule has 5 heteroatoms. The Balaban J connectivity index is 1.60. The summed E-state index contributed by atoms with van der Waals surface area (Å²) in [4.78, 5) is 10.2. The predicted molar refractivity (Wildman–Crippen MR) is 101 cm³/mol. The van der Waals surface area contributed by atoms with Crippen molar-refractivity contribution in [1.29, 1.82) is 0 Å². The Labute approximate surface area is 153 Å². The van der Waals surface area contributed by atoms with Crippen molar-refractivity contribution in [3.63, 3.8) is 0 Å². The molecule has 1 N–H and O–H groups in total. The van der Waals surface area contributed by atoms with Crippen LogP contribution in [0.5, 0.6) is 6.01 Å². The number of hydrogen-bond acceptors (Lipinski definition) is 5. The van der Waals surface area contributed by atoms with Crippen LogP contribution in [-0.2, 0) is 13.1 Å². The fraction of sp³-hybridized carbons (Fsp3) is 0.238. The first-order valence-electron chi connectivity index (χ1n) is 8.67. The van der Waals surface area contributed by atoms with E-state index in [1.807, 2.05) is 36.4 Å². The van der Waals surface area contributed by atoms with Gasteiger partial charge in [-0.2, -0.15) is 0 Å². The van der Waals surface area contributed by atoms with Crippen LogP contribution in [-0.4, -0.2) is 39.2 Å². The zero-order valence-electron chi connectivity index (χ0n) is 14.6. The molecule has 0 aliphatic heterocycles. The van der Waals surface area contributed by atoms with Crippen molar-refractivity contribution in [2.24, 2.45) is 0 Å². The zero-order valence-corrected chi connectivity index (χ0v) is 14.6. The van der Waals surface area contributed by atoms with Gasteiger partial charge in [0.05, 0.1) is 0 Å². The van der Waals surface area contributed by atoms with E-state index < -0.39 is 6.10 Å². The van der Waals surface area contributed by atoms with Crippen molar-refractivity contribution in [3.8, 4) is 6.01 Å². The molecule has 0 aliphatic rings. The summed E-state index contributed by atoms with van der Waals surface area (Å²) in [5, 5.41) is 10.4. The summed E-state index contributed by atoms with van der Waals surface area (Å²) in [6.07, 6.45) is 2.60. The van der Waals surface area contributed by atoms with E-state index in [9.17, 15) is 5.11 Å². The fourth-order valence-electron chi connectivity index (χ4n) is 2.75. The van der Waals surface area contributed by atoms with Crippen LogP contribution in [0.15, 0.2) is 79.1 Å². The topological polar surface area (TPSA) is 58.5 Å². The molecular formula is C21H23N3O2. The van der Waals surface area contributed by atoms with Crippen molar-refractivity contribution < 1.29 is 9.84 Å². The van der Waals surface area contributed by atoms with Gasteiger partial charge in [-0.05, 0) is 17.2 Å². The minimum Gasteiger partial charge on any atom is -0.461 e. The lowest BCUT2D eigenvalue weighted by Crippen LogP contribution is -2.35. The summed E-state index contributed by atoms with van der Waals surface area (Å²) in [6, 6.07) is 22.5. The second-order valence-corrected chi connectivity index (χ2v) is 6.14. The van der Waals surface area contributed by atoms with Crippen LogP contribution in [0.1, 0.15) is 11.1 Å². The third kappa shape index (κ3) is 5.95. The van der Waals surface area contributed by atoms with Crippen LogP contribution >= 0.6 is 0 Å². The second-order valence-electron chi connectivity index (χ2n) is 6.14. The summed E-state index contributed by atoms with van der Waals surface area (Å²) in [5.74, 6) is 0. The molecule has 2 aromatic carbocycles. The largest absolute Gasteiger partial charge is 0.461 e. The Morgan fingerprint density at radius 1 is 0.808 bits per heavy atom. The van der Waals surface area contributed by atoms with Gasteiger partial charge in [0, 0.05) is 32.0 Å². The number of aliphatic hydroxyl groups is 1. The minimum atomic E-state index is -0.633. The Hall–Kier alpha value is -2.76. The quantitative estimate of drug-likeness (QED) is 0.644. The molecule has 3 rings (SSSR count). The zero-order chi connectivity index (χ0) is 18.0. The molecule has 1 unspecified atom stereocenters. The summed E-state index contributed by atoms with van der Waals surface area (Å²) >= 11 is 0. The van der Waals surface area contributed by atoms with Gasteiger partial charge in [0.15, 0.2) is 0 Å². The standard InChI is InChI=1S/C21H23N3O2/c25-20(17-26-21-22-12-7-13-23-21)16-24(14-18-8-3-1-4-9-18)15-19-10-5-2-6-11-19/h1-13,20,25H,14-17H2. The minimum absolute atomic E-state index is 0.157. The predicted octanol–water partition coefficient (Wildman–Crippen LogP) is 2.92. The van der Waals surface area contributed by atoms with E-state index in [2.05, 4.69) is 39.1 Å². The molecule has 1 atom stereocenters. The molecule has 134 valence electrons. The molecule has 0 aliphatic carbocycles. The van der Waals surface area contributed by atoms with E-state index in [1.54, 1.807) is 18.5 Å². The third-order valence-corrected chi connectivity index (χ3v) is 3.91. The maximum absolute atomic E-state index is 10.4. The monoisotopic (exact) mass is 349 g/mol. The van der Waals surface area contributed by atoms with E-state index in [0.29, 0.717) is 6.54 Å². The number of aliphatic hydroxyl groups excluding tert-OH is 1. The van der Waals surface area contributed by atoms with Gasteiger partial charge in [-0.1, -0.05) is 60.7 Å². The van der Waals surface area contributed by atoms with Crippen molar-refractivity contribution >= 4 is 0 Å². The Morgan fingerprint density at radius 3 is 1.88 bits per heavy atom. The van der Waals surface area contributed by atoms with E-state index in [1.165, 1.54) is 11.1 Å². The van der Waals surface area contributed by atoms with Crippen molar-refractivity contribution in [2.45, 2.75) is 19.2 Å². The van der Waals surface area contributed by atoms with Crippen molar-refractivity contribution in [1.82, 2.24) is 14.9 Å². The van der Waals surface area contributed by atoms with Crippen LogP contribution in [0.3, 0.4) is 0 Å². The summed E-state index contributed by atoms with van der Waals surface area (Å²) in [7, 11) is 0. The second kappa shape index (κ2) is 9.65. The van der Waals surface area contributed by atoms with Gasteiger partial charge >= 0.3 is 6.01 Å². The van der Waals surface area contributed by atoms with Gasteiger partial charge in [0.2, 0.25) is 0 Å². The Bertz CT molecular complexity index is 712. The van der Waals surface area contributed by atoms with E-state index in [0.717, 1.165) is 13.1 Å². The SMILES string of the molecule is OC(COc1ncccn1)CN(Cc1ccccc1)Cc1ccccc1. The highest BCUT2D eigenvalue weighted by Crippen LogP contribution is 2.11. The van der Waals surface area contributed by atoms with Gasteiger partial charge in [-0.3, -0.25) is 4.90 Å². The molecule has 5 nitrogen and oxygen atoms in total. The summed E-state index contributed by atoms with van der Waals surface area (Å²) in [5.41, 5.74) is 2.42. The van der Waals surface area contributed by atoms with Gasteiger partial charge in [-0.25, -0.2) is 9.97 Å². The molecule has 26 heavy (non-hydrogen) atoms. The molecule has 0 bridgehead atoms. The molecule has 0 amide bonds. The van der Waals surface area contributed by atoms with Crippen LogP contribution < -0.4 is 4.74 Å². The first kappa shape index (κ1) is 18.0. The molecular weight excluding hydrogens is 326 g/mol. The van der Waals surface area contributed by atoms with E-state index in [4.69, 9.17) is 4.74 Å². The molecule has 0 fully saturated rings. The van der Waals surface area contributed by atoms with Crippen molar-refractivity contribution in [2.75, 3.05) is 13.2 Å². The molecule has 0 saturated heterocycles. The number of nitrogens with zero attached hydrogens (tertiary/aromatic N) is 3. The lowest BCUT2D eigenvalue weighted by atomic mass is 10.1. The van der Waals surface area contributed by atoms with Crippen LogP contribution in [0.4, 0.5) is 0 Å². The maximum atomic E-state index is 10.4. The fourth-order valence-corrected chi connectivity index (χ4v) is 2.75. The highest BCUT2D eigenvalue weighted by molar-refractivity contribution is 5.17. The number of aromatic nitrogens is 2. The number of hydrogen-bond donors (Lipinski definition) is 1. The highest BCUT2D eigenvalue weighted by Gasteiger charge is 2.14. The van der Waals surface area contributed by atoms with Crippen LogP contribution in [0.25, 0.3) is 0 Å². The summed E-state index contributed by atoms with van der Waals surface area (Å²) < 4.78 is 5.47. The Morgan fingerprint density at radius 2 is 1.35 bits per heavy atom. The van der Waals surface area contributed by atoms with Crippen LogP contribution in [0, 0.1) is 0 Å². The smallest absolute Gasteiger partial charge is 0.316 e. The highest BCUT2D eigenvalue weighted by atomic mass is 16.5. The average molecular weight is 349 g/mol. The normalized spacial score (nSPS) is 12.1. The van der Waals surface area contributed by atoms with Gasteiger partial charge in [-0.15, -0.1) is 0 Å². The lowest BCUT2D eigenvalue weighted by molar-refractivity contribution is 0.0595. The molecule has 1 aromatic heterocycles. The van der Waals surface area contributed by atoms with E-state index >= 15 is 0 Å². The molecule has 3 aromatic rings. The first-order valence-corrected chi connectivity index (χ1v) is 8.67. The first-order chi connectivity index (χ1) is 12.8. The van der Waals surface area contributed by atoms with Crippen molar-refractivity contribution in [3.05, 3.63) is 90.3 Å². The lowest BCUT2D eigenvalue weighted by Gasteiger charge is -2.25. The third-order valence-electron chi connectivity index (χ3n) is 3.91. The van der Waals surface area contributed by atoms with Gasteiger partial charge in [0.25, 0.3) is 0 Å². The molecule has 1 heterocycles. The van der Waals surface area contributed by atoms with Crippen LogP contribution in [0.2, 0.25) is 0 Å². The average Bonchev–Trinajstić information content (AvgIpc) is 2.69. The van der Waals surface area contributed by atoms with E-state index in [-0.39, 0.29) is 12.6 Å². The summed E-state index contributed by atoms with van der Waals surface area (Å²) in [6.45, 7) is 2.17. The molecule has 0 radical (unpaired) electrons. The number of benzene rings is 2.